The summed E-state index contributed by atoms with van der Waals surface area (Å²) < 4.78 is 36.7. The van der Waals surface area contributed by atoms with E-state index >= 15 is 0 Å². The topological polar surface area (TPSA) is 110 Å². The number of carbonyl (C=O) groups is 2. The highest BCUT2D eigenvalue weighted by Gasteiger charge is 2.62. The first-order valence-corrected chi connectivity index (χ1v) is 17.2. The van der Waals surface area contributed by atoms with Crippen LogP contribution in [0.4, 0.5) is 0 Å². The first kappa shape index (κ1) is 31.1. The molecule has 238 valence electrons. The number of nitrogens with zero attached hydrogens (tertiary/aromatic N) is 2. The van der Waals surface area contributed by atoms with Gasteiger partial charge in [-0.2, -0.15) is 12.7 Å². The van der Waals surface area contributed by atoms with Crippen molar-refractivity contribution in [1.82, 2.24) is 18.9 Å². The third-order valence-electron chi connectivity index (χ3n) is 9.89. The second-order valence-electron chi connectivity index (χ2n) is 12.6. The van der Waals surface area contributed by atoms with E-state index in [2.05, 4.69) is 39.9 Å². The fraction of sp³-hybridized carbons (Fsp3) is 0.429. The van der Waals surface area contributed by atoms with E-state index in [9.17, 15) is 18.0 Å². The van der Waals surface area contributed by atoms with Crippen LogP contribution >= 0.6 is 0 Å². The molecule has 0 saturated heterocycles. The summed E-state index contributed by atoms with van der Waals surface area (Å²) in [6.07, 6.45) is 10.3. The van der Waals surface area contributed by atoms with Crippen LogP contribution in [0.25, 0.3) is 22.2 Å². The molecule has 2 fully saturated rings. The predicted octanol–water partition coefficient (Wildman–Crippen LogP) is 5.64. The minimum Gasteiger partial charge on any atom is -0.497 e. The second kappa shape index (κ2) is 12.1. The number of likely N-dealkylation sites (N-methyl/N-ethyl adjacent to an activating group) is 1. The maximum atomic E-state index is 13.9. The molecule has 3 aliphatic rings. The number of hydrogen-bond donors (Lipinski definition) is 2. The Balaban J connectivity index is 1.53. The number of rotatable bonds is 11. The van der Waals surface area contributed by atoms with Crippen molar-refractivity contribution in [2.75, 3.05) is 27.2 Å². The number of fused-ring (bicyclic) bond motifs is 7. The van der Waals surface area contributed by atoms with E-state index in [0.717, 1.165) is 63.5 Å². The average Bonchev–Trinajstić information content (AvgIpc) is 3.71. The van der Waals surface area contributed by atoms with Gasteiger partial charge in [-0.05, 0) is 73.1 Å². The van der Waals surface area contributed by atoms with E-state index in [-0.39, 0.29) is 23.9 Å². The van der Waals surface area contributed by atoms with Crippen molar-refractivity contribution in [3.63, 3.8) is 0 Å². The Morgan fingerprint density at radius 1 is 1.11 bits per heavy atom. The zero-order chi connectivity index (χ0) is 31.9. The SMILES string of the molecule is C=CCCNC(=O)C12CC1c1cc(OC)ccc1-c1c(C3CCCCC3)c3ccc(C(=O)NS(=O)(=O)N(C)CC=C)cc3n1C2. The van der Waals surface area contributed by atoms with Crippen LogP contribution in [0.5, 0.6) is 5.75 Å². The standard InChI is InChI=1S/C35H42N4O5S/c1-5-7-17-36-34(41)35-21-29(35)28-20-25(44-4)14-16-26(28)32-31(23-11-9-8-10-12-23)27-15-13-24(19-30(27)39(32)22-35)33(40)37-45(42,43)38(3)18-6-2/h5-6,13-16,19-20,23,29H,1-2,7-12,17-18,21-22H2,3-4H3,(H,36,41)(H,37,40). The molecular weight excluding hydrogens is 588 g/mol. The van der Waals surface area contributed by atoms with Gasteiger partial charge in [0.1, 0.15) is 5.75 Å². The van der Waals surface area contributed by atoms with Crippen molar-refractivity contribution >= 4 is 32.9 Å². The Morgan fingerprint density at radius 3 is 2.60 bits per heavy atom. The van der Waals surface area contributed by atoms with E-state index < -0.39 is 21.5 Å². The number of carbonyl (C=O) groups excluding carboxylic acids is 2. The molecule has 0 bridgehead atoms. The summed E-state index contributed by atoms with van der Waals surface area (Å²) in [4.78, 5) is 27.3. The van der Waals surface area contributed by atoms with E-state index in [0.29, 0.717) is 31.8 Å². The van der Waals surface area contributed by atoms with Crippen LogP contribution in [0.15, 0.2) is 61.7 Å². The van der Waals surface area contributed by atoms with Crippen LogP contribution < -0.4 is 14.8 Å². The molecule has 3 aromatic rings. The summed E-state index contributed by atoms with van der Waals surface area (Å²) in [5.41, 5.74) is 4.97. The Hall–Kier alpha value is -3.89. The molecule has 10 heteroatoms. The summed E-state index contributed by atoms with van der Waals surface area (Å²) in [6, 6.07) is 11.6. The summed E-state index contributed by atoms with van der Waals surface area (Å²) >= 11 is 0. The van der Waals surface area contributed by atoms with E-state index in [1.54, 1.807) is 25.3 Å². The normalized spacial score (nSPS) is 20.8. The maximum Gasteiger partial charge on any atom is 0.304 e. The van der Waals surface area contributed by atoms with Gasteiger partial charge in [0.15, 0.2) is 0 Å². The Bertz CT molecular complexity index is 1790. The predicted molar refractivity (Wildman–Crippen MR) is 177 cm³/mol. The van der Waals surface area contributed by atoms with Gasteiger partial charge >= 0.3 is 10.2 Å². The number of hydrogen-bond acceptors (Lipinski definition) is 5. The minimum atomic E-state index is -4.06. The fourth-order valence-electron chi connectivity index (χ4n) is 7.44. The molecule has 2 atom stereocenters. The van der Waals surface area contributed by atoms with E-state index in [1.807, 2.05) is 12.1 Å². The van der Waals surface area contributed by atoms with Gasteiger partial charge in [-0.1, -0.05) is 37.5 Å². The van der Waals surface area contributed by atoms with Gasteiger partial charge in [0.2, 0.25) is 5.91 Å². The van der Waals surface area contributed by atoms with Crippen LogP contribution in [0.2, 0.25) is 0 Å². The molecule has 2 aromatic carbocycles. The molecule has 2 aliphatic carbocycles. The fourth-order valence-corrected chi connectivity index (χ4v) is 8.25. The Morgan fingerprint density at radius 2 is 1.89 bits per heavy atom. The lowest BCUT2D eigenvalue weighted by atomic mass is 9.81. The molecule has 0 spiro atoms. The van der Waals surface area contributed by atoms with Crippen molar-refractivity contribution in [1.29, 1.82) is 0 Å². The van der Waals surface area contributed by atoms with Crippen LogP contribution in [-0.4, -0.2) is 56.4 Å². The molecule has 6 rings (SSSR count). The molecule has 2 N–H and O–H groups in total. The van der Waals surface area contributed by atoms with Crippen molar-refractivity contribution < 1.29 is 22.7 Å². The van der Waals surface area contributed by atoms with Crippen molar-refractivity contribution in [3.8, 4) is 17.0 Å². The summed E-state index contributed by atoms with van der Waals surface area (Å²) in [5.74, 6) is 0.432. The zero-order valence-electron chi connectivity index (χ0n) is 26.1. The van der Waals surface area contributed by atoms with Crippen LogP contribution in [0.1, 0.15) is 78.3 Å². The summed E-state index contributed by atoms with van der Waals surface area (Å²) in [5, 5.41) is 4.20. The molecule has 45 heavy (non-hydrogen) atoms. The summed E-state index contributed by atoms with van der Waals surface area (Å²) in [7, 11) is -1.00. The van der Waals surface area contributed by atoms with Crippen LogP contribution in [-0.2, 0) is 21.5 Å². The molecule has 2 amide bonds. The molecule has 1 aliphatic heterocycles. The lowest BCUT2D eigenvalue weighted by molar-refractivity contribution is -0.126. The van der Waals surface area contributed by atoms with Gasteiger partial charge in [-0.25, -0.2) is 4.72 Å². The number of ether oxygens (including phenoxy) is 1. The van der Waals surface area contributed by atoms with Gasteiger partial charge < -0.3 is 14.6 Å². The van der Waals surface area contributed by atoms with Gasteiger partial charge in [0.05, 0.1) is 18.2 Å². The highest BCUT2D eigenvalue weighted by molar-refractivity contribution is 7.87. The average molecular weight is 631 g/mol. The number of benzene rings is 2. The Labute approximate surface area is 265 Å². The summed E-state index contributed by atoms with van der Waals surface area (Å²) in [6.45, 7) is 8.43. The maximum absolute atomic E-state index is 13.9. The molecule has 0 radical (unpaired) electrons. The number of methoxy groups -OCH3 is 1. The van der Waals surface area contributed by atoms with Crippen molar-refractivity contribution in [3.05, 3.63) is 78.4 Å². The lowest BCUT2D eigenvalue weighted by Gasteiger charge is -2.24. The molecular formula is C35H42N4O5S. The Kier molecular flexibility index (Phi) is 8.39. The molecule has 9 nitrogen and oxygen atoms in total. The molecule has 2 saturated carbocycles. The number of nitrogens with one attached hydrogen (secondary N) is 2. The molecule has 2 unspecified atom stereocenters. The zero-order valence-corrected chi connectivity index (χ0v) is 26.9. The van der Waals surface area contributed by atoms with Crippen LogP contribution in [0.3, 0.4) is 0 Å². The molecule has 2 heterocycles. The van der Waals surface area contributed by atoms with Gasteiger partial charge in [0, 0.05) is 54.6 Å². The third-order valence-corrected chi connectivity index (χ3v) is 11.3. The lowest BCUT2D eigenvalue weighted by Crippen LogP contribution is -2.41. The quantitative estimate of drug-likeness (QED) is 0.211. The van der Waals surface area contributed by atoms with E-state index in [4.69, 9.17) is 4.74 Å². The first-order chi connectivity index (χ1) is 21.6. The minimum absolute atomic E-state index is 0.0160. The van der Waals surface area contributed by atoms with Gasteiger partial charge in [-0.15, -0.1) is 13.2 Å². The van der Waals surface area contributed by atoms with Gasteiger partial charge in [0.25, 0.3) is 5.91 Å². The third kappa shape index (κ3) is 5.48. The monoisotopic (exact) mass is 630 g/mol. The number of aromatic nitrogens is 1. The number of amides is 2. The second-order valence-corrected chi connectivity index (χ2v) is 14.4. The smallest absolute Gasteiger partial charge is 0.304 e. The largest absolute Gasteiger partial charge is 0.497 e. The molecule has 1 aromatic heterocycles. The highest BCUT2D eigenvalue weighted by atomic mass is 32.2. The van der Waals surface area contributed by atoms with Crippen LogP contribution in [0, 0.1) is 5.41 Å². The van der Waals surface area contributed by atoms with Crippen molar-refractivity contribution in [2.45, 2.75) is 63.3 Å². The first-order valence-electron chi connectivity index (χ1n) is 15.8. The highest BCUT2D eigenvalue weighted by Crippen LogP contribution is 2.65. The van der Waals surface area contributed by atoms with Gasteiger partial charge in [-0.3, -0.25) is 9.59 Å². The van der Waals surface area contributed by atoms with Crippen molar-refractivity contribution in [2.24, 2.45) is 5.41 Å². The van der Waals surface area contributed by atoms with E-state index in [1.165, 1.54) is 25.1 Å².